The number of benzene rings is 3. The molecule has 0 heterocycles. The van der Waals surface area contributed by atoms with E-state index in [9.17, 15) is 4.79 Å². The Morgan fingerprint density at radius 2 is 1.62 bits per heavy atom. The van der Waals surface area contributed by atoms with Gasteiger partial charge in [0.1, 0.15) is 30.5 Å². The summed E-state index contributed by atoms with van der Waals surface area (Å²) in [7, 11) is 0. The first-order valence-corrected chi connectivity index (χ1v) is 11.2. The van der Waals surface area contributed by atoms with Gasteiger partial charge in [0.25, 0.3) is 5.91 Å². The van der Waals surface area contributed by atoms with Crippen molar-refractivity contribution in [1.29, 1.82) is 0 Å². The average molecular weight is 515 g/mol. The molecule has 0 radical (unpaired) electrons. The molecule has 0 aliphatic carbocycles. The van der Waals surface area contributed by atoms with Crippen molar-refractivity contribution >= 4 is 44.9 Å². The minimum Gasteiger partial charge on any atom is -0.493 e. The third kappa shape index (κ3) is 7.25. The van der Waals surface area contributed by atoms with E-state index < -0.39 is 0 Å². The fraction of sp³-hybridized carbons (Fsp3) is 0.167. The van der Waals surface area contributed by atoms with Gasteiger partial charge in [-0.25, -0.2) is 0 Å². The van der Waals surface area contributed by atoms with Crippen molar-refractivity contribution in [2.45, 2.75) is 6.92 Å². The van der Waals surface area contributed by atoms with Gasteiger partial charge < -0.3 is 19.5 Å². The van der Waals surface area contributed by atoms with Crippen LogP contribution < -0.4 is 24.8 Å². The normalized spacial score (nSPS) is 10.2. The number of carbonyl (C=O) groups excluding carboxylic acids is 1. The highest BCUT2D eigenvalue weighted by molar-refractivity contribution is 9.10. The quantitative estimate of drug-likeness (QED) is 0.293. The fourth-order valence-corrected chi connectivity index (χ4v) is 3.46. The number of ether oxygens (including phenoxy) is 3. The zero-order valence-electron chi connectivity index (χ0n) is 17.5. The van der Waals surface area contributed by atoms with Crippen LogP contribution in [0.3, 0.4) is 0 Å². The highest BCUT2D eigenvalue weighted by Gasteiger charge is 2.11. The summed E-state index contributed by atoms with van der Waals surface area (Å²) in [6, 6.07) is 22.0. The number of rotatable bonds is 9. The van der Waals surface area contributed by atoms with Crippen LogP contribution in [-0.4, -0.2) is 30.8 Å². The van der Waals surface area contributed by atoms with Crippen LogP contribution in [0.15, 0.2) is 77.3 Å². The molecule has 0 aliphatic rings. The lowest BCUT2D eigenvalue weighted by molar-refractivity contribution is 0.0977. The van der Waals surface area contributed by atoms with Crippen molar-refractivity contribution in [3.05, 3.63) is 82.8 Å². The summed E-state index contributed by atoms with van der Waals surface area (Å²) in [5.74, 6) is 1.82. The number of thiocarbonyl (C=S) groups is 1. The highest BCUT2D eigenvalue weighted by atomic mass is 79.9. The molecule has 32 heavy (non-hydrogen) atoms. The third-order valence-corrected chi connectivity index (χ3v) is 5.00. The molecule has 0 unspecified atom stereocenters. The first kappa shape index (κ1) is 23.6. The molecule has 0 aliphatic heterocycles. The zero-order chi connectivity index (χ0) is 22.8. The molecule has 0 fully saturated rings. The van der Waals surface area contributed by atoms with Gasteiger partial charge in [0, 0.05) is 17.3 Å². The van der Waals surface area contributed by atoms with Crippen LogP contribution in [0.5, 0.6) is 17.2 Å². The number of hydrogen-bond donors (Lipinski definition) is 2. The van der Waals surface area contributed by atoms with E-state index in [0.29, 0.717) is 47.0 Å². The minimum absolute atomic E-state index is 0.185. The molecular weight excluding hydrogens is 492 g/mol. The SMILES string of the molecule is CCOc1ccc(C(=O)NC(=S)Nc2cccc(OCCOc3ccccc3)c2)cc1Br. The number of anilines is 1. The highest BCUT2D eigenvalue weighted by Crippen LogP contribution is 2.26. The monoisotopic (exact) mass is 514 g/mol. The summed E-state index contributed by atoms with van der Waals surface area (Å²) in [6.07, 6.45) is 0. The van der Waals surface area contributed by atoms with Gasteiger partial charge in [-0.1, -0.05) is 24.3 Å². The Kier molecular flexibility index (Phi) is 8.89. The van der Waals surface area contributed by atoms with E-state index in [1.807, 2.05) is 55.5 Å². The topological polar surface area (TPSA) is 68.8 Å². The van der Waals surface area contributed by atoms with Gasteiger partial charge in [0.05, 0.1) is 11.1 Å². The maximum atomic E-state index is 12.5. The van der Waals surface area contributed by atoms with Crippen LogP contribution in [0.4, 0.5) is 5.69 Å². The van der Waals surface area contributed by atoms with Gasteiger partial charge in [-0.15, -0.1) is 0 Å². The van der Waals surface area contributed by atoms with E-state index >= 15 is 0 Å². The molecule has 6 nitrogen and oxygen atoms in total. The number of carbonyl (C=O) groups is 1. The van der Waals surface area contributed by atoms with E-state index in [4.69, 9.17) is 26.4 Å². The van der Waals surface area contributed by atoms with Crippen molar-refractivity contribution in [2.75, 3.05) is 25.1 Å². The lowest BCUT2D eigenvalue weighted by Gasteiger charge is -2.12. The number of hydrogen-bond acceptors (Lipinski definition) is 5. The molecule has 0 aromatic heterocycles. The molecule has 0 saturated carbocycles. The molecular formula is C24H23BrN2O4S. The summed E-state index contributed by atoms with van der Waals surface area (Å²) in [5, 5.41) is 5.85. The van der Waals surface area contributed by atoms with Gasteiger partial charge in [-0.05, 0) is 77.5 Å². The number of para-hydroxylation sites is 1. The maximum Gasteiger partial charge on any atom is 0.257 e. The molecule has 1 amide bonds. The first-order chi connectivity index (χ1) is 15.5. The van der Waals surface area contributed by atoms with Gasteiger partial charge in [-0.3, -0.25) is 10.1 Å². The summed E-state index contributed by atoms with van der Waals surface area (Å²) < 4.78 is 17.5. The number of halogens is 1. The van der Waals surface area contributed by atoms with E-state index in [2.05, 4.69) is 26.6 Å². The van der Waals surface area contributed by atoms with E-state index in [-0.39, 0.29) is 11.0 Å². The molecule has 3 aromatic rings. The van der Waals surface area contributed by atoms with E-state index in [1.54, 1.807) is 24.3 Å². The molecule has 0 bridgehead atoms. The second-order valence-corrected chi connectivity index (χ2v) is 7.79. The van der Waals surface area contributed by atoms with Crippen molar-refractivity contribution in [3.63, 3.8) is 0 Å². The van der Waals surface area contributed by atoms with Crippen LogP contribution in [0.2, 0.25) is 0 Å². The van der Waals surface area contributed by atoms with Crippen molar-refractivity contribution in [1.82, 2.24) is 5.32 Å². The van der Waals surface area contributed by atoms with Gasteiger partial charge in [0.2, 0.25) is 0 Å². The van der Waals surface area contributed by atoms with Crippen LogP contribution in [0.1, 0.15) is 17.3 Å². The summed E-state index contributed by atoms with van der Waals surface area (Å²) in [6.45, 7) is 3.26. The second kappa shape index (κ2) is 12.1. The lowest BCUT2D eigenvalue weighted by Crippen LogP contribution is -2.34. The molecule has 3 rings (SSSR count). The number of amides is 1. The predicted octanol–water partition coefficient (Wildman–Crippen LogP) is 5.43. The van der Waals surface area contributed by atoms with Crippen LogP contribution in [0, 0.1) is 0 Å². The Bertz CT molecular complexity index is 1060. The molecule has 0 spiro atoms. The van der Waals surface area contributed by atoms with Crippen LogP contribution in [0.25, 0.3) is 0 Å². The Balaban J connectivity index is 1.48. The van der Waals surface area contributed by atoms with Gasteiger partial charge in [0.15, 0.2) is 5.11 Å². The van der Waals surface area contributed by atoms with Crippen molar-refractivity contribution in [2.24, 2.45) is 0 Å². The Hall–Kier alpha value is -3.10. The molecule has 2 N–H and O–H groups in total. The lowest BCUT2D eigenvalue weighted by atomic mass is 10.2. The zero-order valence-corrected chi connectivity index (χ0v) is 19.9. The summed E-state index contributed by atoms with van der Waals surface area (Å²) >= 11 is 8.68. The van der Waals surface area contributed by atoms with Gasteiger partial charge >= 0.3 is 0 Å². The predicted molar refractivity (Wildman–Crippen MR) is 133 cm³/mol. The average Bonchev–Trinajstić information content (AvgIpc) is 2.79. The fourth-order valence-electron chi connectivity index (χ4n) is 2.75. The minimum atomic E-state index is -0.322. The molecule has 0 atom stereocenters. The second-order valence-electron chi connectivity index (χ2n) is 6.52. The first-order valence-electron chi connectivity index (χ1n) is 10.0. The van der Waals surface area contributed by atoms with Crippen molar-refractivity contribution in [3.8, 4) is 17.2 Å². The van der Waals surface area contributed by atoms with Crippen LogP contribution >= 0.6 is 28.1 Å². The molecule has 0 saturated heterocycles. The largest absolute Gasteiger partial charge is 0.493 e. The molecule has 166 valence electrons. The molecule has 3 aromatic carbocycles. The standard InChI is InChI=1S/C24H23BrN2O4S/c1-2-29-22-12-11-17(15-21(22)25)23(28)27-24(32)26-18-7-6-10-20(16-18)31-14-13-30-19-8-4-3-5-9-19/h3-12,15-16H,2,13-14H2,1H3,(H2,26,27,28,32). The summed E-state index contributed by atoms with van der Waals surface area (Å²) in [4.78, 5) is 12.5. The van der Waals surface area contributed by atoms with Gasteiger partial charge in [-0.2, -0.15) is 0 Å². The molecule has 8 heteroatoms. The summed E-state index contributed by atoms with van der Waals surface area (Å²) in [5.41, 5.74) is 1.16. The van der Waals surface area contributed by atoms with E-state index in [0.717, 1.165) is 5.75 Å². The Morgan fingerprint density at radius 3 is 2.34 bits per heavy atom. The third-order valence-electron chi connectivity index (χ3n) is 4.18. The van der Waals surface area contributed by atoms with E-state index in [1.165, 1.54) is 0 Å². The Morgan fingerprint density at radius 1 is 0.906 bits per heavy atom. The van der Waals surface area contributed by atoms with Crippen LogP contribution in [-0.2, 0) is 0 Å². The number of nitrogens with one attached hydrogen (secondary N) is 2. The maximum absolute atomic E-state index is 12.5. The van der Waals surface area contributed by atoms with Crippen molar-refractivity contribution < 1.29 is 19.0 Å². The smallest absolute Gasteiger partial charge is 0.257 e. The Labute approximate surface area is 201 Å².